The molecule has 2 aromatic heterocycles. The lowest BCUT2D eigenvalue weighted by atomic mass is 9.78. The fraction of sp³-hybridized carbons (Fsp3) is 0.462. The lowest BCUT2D eigenvalue weighted by Crippen LogP contribution is -2.51. The number of carbonyl (C=O) groups excluding carboxylic acids is 1. The Hall–Kier alpha value is -3.26. The summed E-state index contributed by atoms with van der Waals surface area (Å²) in [6, 6.07) is 9.73. The van der Waals surface area contributed by atoms with Gasteiger partial charge in [0.05, 0.1) is 5.60 Å². The third-order valence-corrected chi connectivity index (χ3v) is 7.18. The predicted molar refractivity (Wildman–Crippen MR) is 128 cm³/mol. The molecule has 2 amide bonds. The van der Waals surface area contributed by atoms with Crippen LogP contribution < -0.4 is 5.32 Å². The minimum absolute atomic E-state index is 0.0417. The molecule has 5 rings (SSSR count). The van der Waals surface area contributed by atoms with E-state index in [2.05, 4.69) is 34.3 Å². The highest BCUT2D eigenvalue weighted by Crippen LogP contribution is 2.39. The number of amides is 2. The summed E-state index contributed by atoms with van der Waals surface area (Å²) in [6.07, 6.45) is 7.81. The third kappa shape index (κ3) is 4.97. The maximum atomic E-state index is 12.8. The molecule has 1 atom stereocenters. The number of rotatable bonds is 4. The number of benzene rings is 1. The molecule has 0 bridgehead atoms. The van der Waals surface area contributed by atoms with Gasteiger partial charge in [-0.1, -0.05) is 11.2 Å². The first kappa shape index (κ1) is 22.5. The number of nitrogens with zero attached hydrogens (tertiary/aromatic N) is 4. The third-order valence-electron chi connectivity index (χ3n) is 7.18. The van der Waals surface area contributed by atoms with Crippen LogP contribution in [-0.4, -0.2) is 51.4 Å². The molecule has 1 spiro atoms. The molecular formula is C26H31N5O3. The van der Waals surface area contributed by atoms with Crippen LogP contribution in [0.4, 0.5) is 10.5 Å². The van der Waals surface area contributed by atoms with Crippen LogP contribution >= 0.6 is 0 Å². The number of aromatic nitrogens is 3. The topological polar surface area (TPSA) is 93.4 Å². The fourth-order valence-electron chi connectivity index (χ4n) is 4.99. The smallest absolute Gasteiger partial charge is 0.321 e. The molecule has 8 heteroatoms. The van der Waals surface area contributed by atoms with Gasteiger partial charge in [-0.05, 0) is 80.8 Å². The Bertz CT molecular complexity index is 1140. The molecule has 34 heavy (non-hydrogen) atoms. The number of piperidine rings is 1. The zero-order valence-corrected chi connectivity index (χ0v) is 19.8. The van der Waals surface area contributed by atoms with Crippen LogP contribution in [0.15, 0.2) is 47.2 Å². The van der Waals surface area contributed by atoms with E-state index in [1.54, 1.807) is 12.4 Å². The van der Waals surface area contributed by atoms with E-state index in [9.17, 15) is 4.79 Å². The van der Waals surface area contributed by atoms with Crippen LogP contribution in [-0.2, 0) is 11.2 Å². The summed E-state index contributed by atoms with van der Waals surface area (Å²) in [4.78, 5) is 23.3. The van der Waals surface area contributed by atoms with Gasteiger partial charge in [-0.2, -0.15) is 4.98 Å². The minimum atomic E-state index is -0.173. The molecule has 0 saturated carbocycles. The monoisotopic (exact) mass is 461 g/mol. The zero-order chi connectivity index (χ0) is 23.5. The second-order valence-corrected chi connectivity index (χ2v) is 9.56. The quantitative estimate of drug-likeness (QED) is 0.601. The summed E-state index contributed by atoms with van der Waals surface area (Å²) in [7, 11) is 0. The SMILES string of the molecule is Cc1ccc(NC(=O)N2CCC3(CC2)CC(Cc2nc(-c4ccncc4)no2)CCO3)cc1C. The van der Waals surface area contributed by atoms with Gasteiger partial charge in [0, 0.05) is 49.8 Å². The van der Waals surface area contributed by atoms with Crippen molar-refractivity contribution < 1.29 is 14.1 Å². The summed E-state index contributed by atoms with van der Waals surface area (Å²) >= 11 is 0. The second kappa shape index (κ2) is 9.54. The molecule has 2 aliphatic rings. The van der Waals surface area contributed by atoms with E-state index < -0.39 is 0 Å². The molecule has 0 radical (unpaired) electrons. The fourth-order valence-corrected chi connectivity index (χ4v) is 4.99. The molecule has 2 fully saturated rings. The normalized spacial score (nSPS) is 19.8. The van der Waals surface area contributed by atoms with E-state index in [1.807, 2.05) is 35.2 Å². The number of ether oxygens (including phenoxy) is 1. The molecule has 1 N–H and O–H groups in total. The average Bonchev–Trinajstić information content (AvgIpc) is 3.31. The Morgan fingerprint density at radius 1 is 1.15 bits per heavy atom. The number of likely N-dealkylation sites (tertiary alicyclic amines) is 1. The Balaban J connectivity index is 1.15. The largest absolute Gasteiger partial charge is 0.375 e. The average molecular weight is 462 g/mol. The van der Waals surface area contributed by atoms with Crippen molar-refractivity contribution >= 4 is 11.7 Å². The number of carbonyl (C=O) groups is 1. The zero-order valence-electron chi connectivity index (χ0n) is 19.8. The van der Waals surface area contributed by atoms with Crippen LogP contribution in [0.1, 0.15) is 42.7 Å². The van der Waals surface area contributed by atoms with E-state index in [1.165, 1.54) is 11.1 Å². The molecule has 4 heterocycles. The first-order chi connectivity index (χ1) is 16.5. The second-order valence-electron chi connectivity index (χ2n) is 9.56. The molecule has 1 aromatic carbocycles. The first-order valence-electron chi connectivity index (χ1n) is 12.0. The molecule has 0 aliphatic carbocycles. The van der Waals surface area contributed by atoms with Gasteiger partial charge in [0.2, 0.25) is 11.7 Å². The number of urea groups is 1. The highest BCUT2D eigenvalue weighted by molar-refractivity contribution is 5.89. The van der Waals surface area contributed by atoms with E-state index in [0.717, 1.165) is 50.0 Å². The lowest BCUT2D eigenvalue weighted by molar-refractivity contribution is -0.123. The Morgan fingerprint density at radius 3 is 2.71 bits per heavy atom. The lowest BCUT2D eigenvalue weighted by Gasteiger charge is -2.46. The van der Waals surface area contributed by atoms with Gasteiger partial charge in [0.15, 0.2) is 0 Å². The van der Waals surface area contributed by atoms with E-state index in [4.69, 9.17) is 9.26 Å². The first-order valence-corrected chi connectivity index (χ1v) is 12.0. The predicted octanol–water partition coefficient (Wildman–Crippen LogP) is 4.78. The minimum Gasteiger partial charge on any atom is -0.375 e. The van der Waals surface area contributed by atoms with Crippen LogP contribution in [0.3, 0.4) is 0 Å². The highest BCUT2D eigenvalue weighted by Gasteiger charge is 2.41. The van der Waals surface area contributed by atoms with Crippen LogP contribution in [0, 0.1) is 19.8 Å². The van der Waals surface area contributed by atoms with Gasteiger partial charge in [-0.3, -0.25) is 4.98 Å². The molecule has 1 unspecified atom stereocenters. The number of hydrogen-bond acceptors (Lipinski definition) is 6. The van der Waals surface area contributed by atoms with Crippen molar-refractivity contribution in [1.82, 2.24) is 20.0 Å². The molecule has 2 aliphatic heterocycles. The number of anilines is 1. The van der Waals surface area contributed by atoms with Gasteiger partial charge >= 0.3 is 6.03 Å². The molecule has 2 saturated heterocycles. The van der Waals surface area contributed by atoms with Crippen molar-refractivity contribution in [3.8, 4) is 11.4 Å². The van der Waals surface area contributed by atoms with Gasteiger partial charge < -0.3 is 19.5 Å². The van der Waals surface area contributed by atoms with Crippen molar-refractivity contribution in [1.29, 1.82) is 0 Å². The maximum Gasteiger partial charge on any atom is 0.321 e. The van der Waals surface area contributed by atoms with Crippen molar-refractivity contribution in [2.24, 2.45) is 5.92 Å². The van der Waals surface area contributed by atoms with Crippen molar-refractivity contribution in [3.63, 3.8) is 0 Å². The number of hydrogen-bond donors (Lipinski definition) is 1. The van der Waals surface area contributed by atoms with E-state index >= 15 is 0 Å². The van der Waals surface area contributed by atoms with Gasteiger partial charge in [0.1, 0.15) is 0 Å². The van der Waals surface area contributed by atoms with Gasteiger partial charge in [-0.15, -0.1) is 0 Å². The summed E-state index contributed by atoms with van der Waals surface area (Å²) in [5, 5.41) is 7.18. The summed E-state index contributed by atoms with van der Waals surface area (Å²) < 4.78 is 11.8. The molecule has 178 valence electrons. The van der Waals surface area contributed by atoms with Crippen molar-refractivity contribution in [2.75, 3.05) is 25.0 Å². The summed E-state index contributed by atoms with van der Waals surface area (Å²) in [6.45, 7) is 6.23. The van der Waals surface area contributed by atoms with E-state index in [-0.39, 0.29) is 11.6 Å². The number of pyridine rings is 1. The van der Waals surface area contributed by atoms with Gasteiger partial charge in [-0.25, -0.2) is 4.79 Å². The Morgan fingerprint density at radius 2 is 1.94 bits per heavy atom. The Labute approximate surface area is 199 Å². The summed E-state index contributed by atoms with van der Waals surface area (Å²) in [5.41, 5.74) is 3.96. The standard InChI is InChI=1S/C26H31N5O3/c1-18-3-4-22(15-19(18)2)28-25(32)31-12-8-26(9-13-31)17-20(7-14-33-26)16-23-29-24(30-34-23)21-5-10-27-11-6-21/h3-6,10-11,15,20H,7-9,12-14,16-17H2,1-2H3,(H,28,32). The molecular weight excluding hydrogens is 430 g/mol. The number of aryl methyl sites for hydroxylation is 2. The molecule has 8 nitrogen and oxygen atoms in total. The Kier molecular flexibility index (Phi) is 6.32. The van der Waals surface area contributed by atoms with E-state index in [0.29, 0.717) is 30.7 Å². The maximum absolute atomic E-state index is 12.8. The van der Waals surface area contributed by atoms with Crippen LogP contribution in [0.2, 0.25) is 0 Å². The number of nitrogens with one attached hydrogen (secondary N) is 1. The van der Waals surface area contributed by atoms with Crippen molar-refractivity contribution in [2.45, 2.75) is 51.6 Å². The van der Waals surface area contributed by atoms with Crippen molar-refractivity contribution in [3.05, 3.63) is 59.7 Å². The van der Waals surface area contributed by atoms with Gasteiger partial charge in [0.25, 0.3) is 0 Å². The highest BCUT2D eigenvalue weighted by atomic mass is 16.5. The molecule has 3 aromatic rings. The summed E-state index contributed by atoms with van der Waals surface area (Å²) in [5.74, 6) is 1.69. The van der Waals surface area contributed by atoms with Crippen LogP contribution in [0.5, 0.6) is 0 Å². The van der Waals surface area contributed by atoms with Crippen LogP contribution in [0.25, 0.3) is 11.4 Å².